The van der Waals surface area contributed by atoms with E-state index in [4.69, 9.17) is 68.7 Å². The number of aliphatic hydroxyl groups excluding tert-OH is 1. The van der Waals surface area contributed by atoms with Gasteiger partial charge in [0, 0.05) is 93.3 Å². The SMILES string of the molecule is CC[C@H]1OC(=O)[C@H](C)C(=O)[C@H](C)[C@@H](O[C@@H]2O[C@H](C)C[C@H](N(C)C)[C@H]2O)[C@@](C)(OC)C[C@@H](C)C(=O)[C@H](C)[C@H]2N(CCCCn3cc(-c4ccc(Cl)nc4)nc3C)C(=O)O[C@]12C.CC[C@H]1OC(=O)[C@H](C)C(=O)[C@H](C)[C@@H](O[C@@H]2O[C@H](C)C[C@H](N(C)C)[C@H]2OC(=O)c2ccccc2)[C@@](C)(OC)C[C@@H](C)C(=O)/C(C)=C/[C@]1(C)OC(=O)n1ccnc1.[H-].[K+]. The number of fused-ring (bicyclic) bond motifs is 1. The quantitative estimate of drug-likeness (QED) is 0.0230. The number of Topliss-reactive ketones (excluding diaryl/α,β-unsaturated/α-hetero) is 4. The van der Waals surface area contributed by atoms with E-state index in [1.54, 1.807) is 117 Å². The van der Waals surface area contributed by atoms with E-state index >= 15 is 0 Å². The maximum Gasteiger partial charge on any atom is 1.00 e. The van der Waals surface area contributed by atoms with Crippen LogP contribution in [0.15, 0.2) is 85.2 Å². The number of amides is 1. The van der Waals surface area contributed by atoms with Crippen LogP contribution in [0.25, 0.3) is 11.3 Å². The van der Waals surface area contributed by atoms with Crippen LogP contribution in [0.3, 0.4) is 0 Å². The molecule has 4 aromatic rings. The monoisotopic (exact) mass is 1670 g/mol. The average molecular weight is 1670 g/mol. The van der Waals surface area contributed by atoms with Crippen LogP contribution in [-0.2, 0) is 87.4 Å². The molecule has 1 N–H and O–H groups in total. The molecule has 638 valence electrons. The molecule has 31 heteroatoms. The summed E-state index contributed by atoms with van der Waals surface area (Å²) in [6.07, 6.45) is 1.75. The van der Waals surface area contributed by atoms with Gasteiger partial charge in [-0.1, -0.05) is 78.3 Å². The van der Waals surface area contributed by atoms with Crippen LogP contribution < -0.4 is 51.4 Å². The summed E-state index contributed by atoms with van der Waals surface area (Å²) in [7, 11) is 10.4. The average Bonchev–Trinajstić information content (AvgIpc) is 1.54. The van der Waals surface area contributed by atoms with Gasteiger partial charge in [0.05, 0.1) is 59.0 Å². The Morgan fingerprint density at radius 1 is 0.698 bits per heavy atom. The number of cyclic esters (lactones) is 2. The standard InChI is InChI=1S/C44H66ClN5O10.C41H57N3O11.K.H/c1-13-33-44(9)38(50(42(55)60-44)19-15-14-18-49-23-31(47-29(49)7)30-16-17-34(45)46-22-30)26(4)35(51)24(2)21-43(8,56-12)39(27(5)36(52)28(6)40(54)58-33)59-41-37(53)32(48(10)11)20-25(3)57-41;1-12-31-40(7,55-39(49)44-19-18-42-23-44)21-24(2)32(45)25(3)22-41(8,50-11)35(27(5)33(46)28(6)36(47)52-31)54-38-34(30(43(9)10)20-26(4)51-38)53-37(48)29-16-14-13-15-17-29;;/h16-17,22-28,32-33,37-39,41,53H,13-15,18-21H2,1-12H3;13-19,21,23,25-28,30-31,34-35,38H,12,20,22H2,1-11H3;;/q;;+1;-1/b;24-21+;;/t24-,25-,26+,27+,28-,32+,33-,37-,38-,39-,41+,43+,44-;25-,26-,27+,28-,30+,31-,34-,35-,38+,40+,41+;;/m11../s1. The Bertz CT molecular complexity index is 4070. The van der Waals surface area contributed by atoms with Crippen molar-refractivity contribution in [3.05, 3.63) is 102 Å². The van der Waals surface area contributed by atoms with E-state index in [1.807, 2.05) is 89.4 Å². The summed E-state index contributed by atoms with van der Waals surface area (Å²) < 4.78 is 71.8. The summed E-state index contributed by atoms with van der Waals surface area (Å²) in [4.78, 5) is 144. The molecule has 0 bridgehead atoms. The fourth-order valence-electron chi connectivity index (χ4n) is 17.4. The molecule has 24 atom stereocenters. The van der Waals surface area contributed by atoms with Gasteiger partial charge >= 0.3 is 81.5 Å². The first-order valence-corrected chi connectivity index (χ1v) is 40.5. The number of unbranched alkanes of at least 4 members (excludes halogenated alkanes) is 1. The number of halogens is 1. The predicted octanol–water partition coefficient (Wildman–Crippen LogP) is 8.43. The van der Waals surface area contributed by atoms with Crippen molar-refractivity contribution < 1.29 is 153 Å². The molecule has 3 aromatic heterocycles. The zero-order valence-electron chi connectivity index (χ0n) is 73.2. The third-order valence-corrected chi connectivity index (χ3v) is 24.3. The van der Waals surface area contributed by atoms with Crippen molar-refractivity contribution >= 4 is 64.8 Å². The molecule has 4 fully saturated rings. The van der Waals surface area contributed by atoms with Gasteiger partial charge in [-0.3, -0.25) is 28.8 Å². The number of nitrogens with zero attached hydrogens (tertiary/aromatic N) is 8. The van der Waals surface area contributed by atoms with Gasteiger partial charge in [0.15, 0.2) is 47.2 Å². The number of imidazole rings is 2. The number of esters is 3. The summed E-state index contributed by atoms with van der Waals surface area (Å²) >= 11 is 5.98. The molecule has 0 spiro atoms. The molecule has 8 heterocycles. The third-order valence-electron chi connectivity index (χ3n) is 24.1. The van der Waals surface area contributed by atoms with Crippen LogP contribution >= 0.6 is 11.6 Å². The third kappa shape index (κ3) is 22.4. The number of aryl methyl sites for hydroxylation is 2. The molecule has 0 aliphatic carbocycles. The minimum Gasteiger partial charge on any atom is -1.00 e. The summed E-state index contributed by atoms with van der Waals surface area (Å²) in [5.41, 5.74) is -3.39. The zero-order valence-corrected chi connectivity index (χ0v) is 76.1. The van der Waals surface area contributed by atoms with Crippen molar-refractivity contribution in [3.8, 4) is 11.3 Å². The molecule has 116 heavy (non-hydrogen) atoms. The Morgan fingerprint density at radius 3 is 1.78 bits per heavy atom. The minimum absolute atomic E-state index is 0. The number of ether oxygens (including phenoxy) is 11. The predicted molar refractivity (Wildman–Crippen MR) is 426 cm³/mol. The normalized spacial score (nSPS) is 35.1. The van der Waals surface area contributed by atoms with E-state index in [2.05, 4.69) is 9.97 Å². The molecular formula is C85H124ClKN8O21. The van der Waals surface area contributed by atoms with E-state index < -0.39 is 161 Å². The zero-order chi connectivity index (χ0) is 85.3. The van der Waals surface area contributed by atoms with Crippen LogP contribution in [-0.4, -0.2) is 248 Å². The second kappa shape index (κ2) is 41.5. The van der Waals surface area contributed by atoms with Crippen molar-refractivity contribution in [1.29, 1.82) is 0 Å². The topological polar surface area (TPSA) is 334 Å². The Labute approximate surface area is 732 Å². The van der Waals surface area contributed by atoms with Gasteiger partial charge in [0.1, 0.15) is 53.2 Å². The second-order valence-electron chi connectivity index (χ2n) is 33.3. The number of methoxy groups -OCH3 is 2. The van der Waals surface area contributed by atoms with E-state index in [-0.39, 0.29) is 126 Å². The summed E-state index contributed by atoms with van der Waals surface area (Å²) in [5, 5.41) is 11.9. The number of ketones is 4. The van der Waals surface area contributed by atoms with Crippen molar-refractivity contribution in [2.24, 2.45) is 41.4 Å². The van der Waals surface area contributed by atoms with Crippen molar-refractivity contribution in [2.45, 2.75) is 278 Å². The van der Waals surface area contributed by atoms with Gasteiger partial charge in [0.25, 0.3) is 0 Å². The first kappa shape index (κ1) is 97.1. The molecule has 9 rings (SSSR count). The molecule has 0 radical (unpaired) electrons. The van der Waals surface area contributed by atoms with Crippen molar-refractivity contribution in [2.75, 3.05) is 49.0 Å². The van der Waals surface area contributed by atoms with E-state index in [0.29, 0.717) is 42.9 Å². The molecule has 29 nitrogen and oxygen atoms in total. The summed E-state index contributed by atoms with van der Waals surface area (Å²) in [6.45, 7) is 30.2. The van der Waals surface area contributed by atoms with Gasteiger partial charge in [0.2, 0.25) is 0 Å². The Kier molecular flexibility index (Phi) is 34.7. The summed E-state index contributed by atoms with van der Waals surface area (Å²) in [6, 6.07) is 10.8. The molecule has 0 saturated carbocycles. The van der Waals surface area contributed by atoms with Gasteiger partial charge in [-0.05, 0) is 185 Å². The molecule has 5 aliphatic rings. The number of carbonyl (C=O) groups is 9. The molecule has 0 unspecified atom stereocenters. The number of rotatable bonds is 19. The maximum atomic E-state index is 14.8. The Morgan fingerprint density at radius 2 is 1.24 bits per heavy atom. The van der Waals surface area contributed by atoms with Gasteiger partial charge < -0.3 is 77.9 Å². The Hall–Kier alpha value is -6.07. The number of likely N-dealkylation sites (N-methyl/N-ethyl adjacent to an activating group) is 2. The van der Waals surface area contributed by atoms with Crippen LogP contribution in [0.2, 0.25) is 5.15 Å². The van der Waals surface area contributed by atoms with Crippen molar-refractivity contribution in [1.82, 2.24) is 38.8 Å². The number of aliphatic hydroxyl groups is 1. The molecule has 5 aliphatic heterocycles. The van der Waals surface area contributed by atoms with Crippen LogP contribution in [0, 0.1) is 48.3 Å². The number of pyridine rings is 1. The number of carbonyl (C=O) groups excluding carboxylic acids is 9. The smallest absolute Gasteiger partial charge is 1.00 e. The number of aromatic nitrogens is 5. The van der Waals surface area contributed by atoms with Crippen LogP contribution in [0.4, 0.5) is 9.59 Å². The second-order valence-corrected chi connectivity index (χ2v) is 33.7. The number of benzene rings is 1. The molecule has 1 aromatic carbocycles. The van der Waals surface area contributed by atoms with E-state index in [0.717, 1.165) is 21.6 Å². The van der Waals surface area contributed by atoms with Crippen molar-refractivity contribution in [3.63, 3.8) is 0 Å². The number of allylic oxidation sites excluding steroid dienone is 1. The first-order valence-electron chi connectivity index (χ1n) is 40.1. The number of hydrogen-bond donors (Lipinski definition) is 1. The Balaban J connectivity index is 0.000000359. The van der Waals surface area contributed by atoms with Gasteiger partial charge in [-0.25, -0.2) is 33.9 Å². The molecule has 4 saturated heterocycles. The summed E-state index contributed by atoms with van der Waals surface area (Å²) in [5.74, 6) is -9.41. The van der Waals surface area contributed by atoms with Gasteiger partial charge in [-0.15, -0.1) is 0 Å². The molecule has 1 amide bonds. The van der Waals surface area contributed by atoms with E-state index in [1.165, 1.54) is 52.9 Å². The largest absolute Gasteiger partial charge is 1.00 e. The fraction of sp³-hybridized carbons (Fsp3) is 0.671. The number of hydrogen-bond acceptors (Lipinski definition) is 26. The van der Waals surface area contributed by atoms with E-state index in [9.17, 15) is 48.3 Å². The minimum atomic E-state index is -1.61. The van der Waals surface area contributed by atoms with Crippen LogP contribution in [0.1, 0.15) is 180 Å². The van der Waals surface area contributed by atoms with Crippen LogP contribution in [0.5, 0.6) is 0 Å². The first-order chi connectivity index (χ1) is 54.0. The van der Waals surface area contributed by atoms with Gasteiger partial charge in [-0.2, -0.15) is 0 Å². The molecular weight excluding hydrogens is 1540 g/mol. The maximum absolute atomic E-state index is 14.8. The fourth-order valence-corrected chi connectivity index (χ4v) is 17.5.